The average molecular weight is 145 g/mol. The Hall–Kier alpha value is -0.0800. The summed E-state index contributed by atoms with van der Waals surface area (Å²) in [6, 6.07) is 0.500. The summed E-state index contributed by atoms with van der Waals surface area (Å²) in [7, 11) is 1.98. The second-order valence-electron chi connectivity index (χ2n) is 2.80. The third kappa shape index (κ3) is 3.85. The molecule has 0 radical (unpaired) electrons. The first-order valence-corrected chi connectivity index (χ1v) is 3.97. The second-order valence-corrected chi connectivity index (χ2v) is 2.80. The number of hydrogen-bond acceptors (Lipinski definition) is 2. The molecule has 0 aromatic carbocycles. The van der Waals surface area contributed by atoms with Crippen molar-refractivity contribution in [1.29, 1.82) is 0 Å². The molecular weight excluding hydrogens is 126 g/mol. The molecule has 2 heteroatoms. The molecule has 0 spiro atoms. The number of hydrogen-bond donors (Lipinski definition) is 1. The third-order valence-corrected chi connectivity index (χ3v) is 1.68. The van der Waals surface area contributed by atoms with Gasteiger partial charge in [-0.1, -0.05) is 13.8 Å². The van der Waals surface area contributed by atoms with E-state index in [-0.39, 0.29) is 0 Å². The fourth-order valence-electron chi connectivity index (χ4n) is 0.854. The van der Waals surface area contributed by atoms with E-state index < -0.39 is 0 Å². The number of likely N-dealkylation sites (N-methyl/N-ethyl adjacent to an activating group) is 1. The van der Waals surface area contributed by atoms with Gasteiger partial charge in [0.15, 0.2) is 0 Å². The molecule has 0 amide bonds. The lowest BCUT2D eigenvalue weighted by atomic mass is 10.1. The molecule has 1 atom stereocenters. The van der Waals surface area contributed by atoms with Gasteiger partial charge >= 0.3 is 0 Å². The van der Waals surface area contributed by atoms with Gasteiger partial charge in [0, 0.05) is 12.6 Å². The standard InChI is InChI=1S/C8H19NO/c1-5-10-6-8(9-4)7(2)3/h7-9H,5-6H2,1-4H3. The minimum absolute atomic E-state index is 0.500. The lowest BCUT2D eigenvalue weighted by molar-refractivity contribution is 0.111. The van der Waals surface area contributed by atoms with Crippen LogP contribution in [0.4, 0.5) is 0 Å². The predicted octanol–water partition coefficient (Wildman–Crippen LogP) is 1.27. The minimum Gasteiger partial charge on any atom is -0.380 e. The molecule has 0 aromatic heterocycles. The van der Waals surface area contributed by atoms with Gasteiger partial charge in [-0.15, -0.1) is 0 Å². The van der Waals surface area contributed by atoms with Gasteiger partial charge in [0.2, 0.25) is 0 Å². The first-order valence-electron chi connectivity index (χ1n) is 3.97. The maximum absolute atomic E-state index is 5.29. The zero-order valence-electron chi connectivity index (χ0n) is 7.48. The quantitative estimate of drug-likeness (QED) is 0.629. The van der Waals surface area contributed by atoms with Crippen LogP contribution in [0.25, 0.3) is 0 Å². The molecular formula is C8H19NO. The Labute approximate surface area is 64.0 Å². The number of nitrogens with one attached hydrogen (secondary N) is 1. The van der Waals surface area contributed by atoms with Gasteiger partial charge in [0.1, 0.15) is 0 Å². The molecule has 0 fully saturated rings. The van der Waals surface area contributed by atoms with Gasteiger partial charge in [0.25, 0.3) is 0 Å². The van der Waals surface area contributed by atoms with E-state index in [0.717, 1.165) is 13.2 Å². The molecule has 0 rings (SSSR count). The molecule has 0 aliphatic rings. The highest BCUT2D eigenvalue weighted by Gasteiger charge is 2.09. The smallest absolute Gasteiger partial charge is 0.0621 e. The van der Waals surface area contributed by atoms with Gasteiger partial charge in [-0.2, -0.15) is 0 Å². The fraction of sp³-hybridized carbons (Fsp3) is 1.00. The van der Waals surface area contributed by atoms with Crippen molar-refractivity contribution < 1.29 is 4.74 Å². The molecule has 1 unspecified atom stereocenters. The monoisotopic (exact) mass is 145 g/mol. The Balaban J connectivity index is 3.40. The Morgan fingerprint density at radius 1 is 1.40 bits per heavy atom. The lowest BCUT2D eigenvalue weighted by Crippen LogP contribution is -2.35. The molecule has 10 heavy (non-hydrogen) atoms. The Morgan fingerprint density at radius 2 is 2.00 bits per heavy atom. The topological polar surface area (TPSA) is 21.3 Å². The maximum atomic E-state index is 5.29. The Morgan fingerprint density at radius 3 is 2.30 bits per heavy atom. The summed E-state index contributed by atoms with van der Waals surface area (Å²) in [6.07, 6.45) is 0. The lowest BCUT2D eigenvalue weighted by Gasteiger charge is -2.19. The summed E-state index contributed by atoms with van der Waals surface area (Å²) in [5, 5.41) is 3.21. The molecule has 0 saturated carbocycles. The van der Waals surface area contributed by atoms with Crippen LogP contribution in [0.5, 0.6) is 0 Å². The van der Waals surface area contributed by atoms with Gasteiger partial charge in [-0.25, -0.2) is 0 Å². The summed E-state index contributed by atoms with van der Waals surface area (Å²) in [5.41, 5.74) is 0. The van der Waals surface area contributed by atoms with E-state index >= 15 is 0 Å². The minimum atomic E-state index is 0.500. The summed E-state index contributed by atoms with van der Waals surface area (Å²) >= 11 is 0. The zero-order chi connectivity index (χ0) is 7.98. The van der Waals surface area contributed by atoms with E-state index in [2.05, 4.69) is 19.2 Å². The largest absolute Gasteiger partial charge is 0.380 e. The number of rotatable bonds is 5. The van der Waals surface area contributed by atoms with Crippen LogP contribution in [0.2, 0.25) is 0 Å². The highest BCUT2D eigenvalue weighted by molar-refractivity contribution is 4.66. The SMILES string of the molecule is CCOCC(NC)C(C)C. The van der Waals surface area contributed by atoms with Crippen molar-refractivity contribution in [2.24, 2.45) is 5.92 Å². The normalized spacial score (nSPS) is 14.1. The third-order valence-electron chi connectivity index (χ3n) is 1.68. The average Bonchev–Trinajstić information content (AvgIpc) is 1.89. The predicted molar refractivity (Wildman–Crippen MR) is 44.2 cm³/mol. The Bertz CT molecular complexity index is 73.7. The van der Waals surface area contributed by atoms with Crippen LogP contribution < -0.4 is 5.32 Å². The van der Waals surface area contributed by atoms with E-state index in [1.165, 1.54) is 0 Å². The molecule has 0 saturated heterocycles. The van der Waals surface area contributed by atoms with Crippen LogP contribution in [0, 0.1) is 5.92 Å². The van der Waals surface area contributed by atoms with Crippen LogP contribution in [0.1, 0.15) is 20.8 Å². The number of ether oxygens (including phenoxy) is 1. The van der Waals surface area contributed by atoms with Crippen LogP contribution in [-0.4, -0.2) is 26.3 Å². The van der Waals surface area contributed by atoms with Gasteiger partial charge in [-0.3, -0.25) is 0 Å². The van der Waals surface area contributed by atoms with E-state index in [9.17, 15) is 0 Å². The maximum Gasteiger partial charge on any atom is 0.0621 e. The molecule has 0 bridgehead atoms. The van der Waals surface area contributed by atoms with Crippen molar-refractivity contribution >= 4 is 0 Å². The first-order chi connectivity index (χ1) is 4.72. The highest BCUT2D eigenvalue weighted by atomic mass is 16.5. The van der Waals surface area contributed by atoms with Crippen molar-refractivity contribution in [1.82, 2.24) is 5.32 Å². The molecule has 0 aliphatic carbocycles. The van der Waals surface area contributed by atoms with E-state index in [4.69, 9.17) is 4.74 Å². The fourth-order valence-corrected chi connectivity index (χ4v) is 0.854. The molecule has 0 aliphatic heterocycles. The van der Waals surface area contributed by atoms with E-state index in [0.29, 0.717) is 12.0 Å². The van der Waals surface area contributed by atoms with Crippen molar-refractivity contribution in [3.05, 3.63) is 0 Å². The van der Waals surface area contributed by atoms with Gasteiger partial charge in [0.05, 0.1) is 6.61 Å². The van der Waals surface area contributed by atoms with Gasteiger partial charge < -0.3 is 10.1 Å². The van der Waals surface area contributed by atoms with E-state index in [1.807, 2.05) is 14.0 Å². The highest BCUT2D eigenvalue weighted by Crippen LogP contribution is 2.00. The van der Waals surface area contributed by atoms with Crippen molar-refractivity contribution in [2.75, 3.05) is 20.3 Å². The van der Waals surface area contributed by atoms with E-state index in [1.54, 1.807) is 0 Å². The molecule has 0 aromatic rings. The molecule has 62 valence electrons. The van der Waals surface area contributed by atoms with Crippen LogP contribution in [0.3, 0.4) is 0 Å². The van der Waals surface area contributed by atoms with Crippen LogP contribution >= 0.6 is 0 Å². The van der Waals surface area contributed by atoms with Crippen molar-refractivity contribution in [3.63, 3.8) is 0 Å². The summed E-state index contributed by atoms with van der Waals surface area (Å²) in [4.78, 5) is 0. The molecule has 2 nitrogen and oxygen atoms in total. The summed E-state index contributed by atoms with van der Waals surface area (Å²) < 4.78 is 5.29. The Kier molecular flexibility index (Phi) is 5.64. The molecule has 1 N–H and O–H groups in total. The second kappa shape index (κ2) is 5.69. The van der Waals surface area contributed by atoms with Crippen molar-refractivity contribution in [3.8, 4) is 0 Å². The first kappa shape index (κ1) is 9.92. The summed E-state index contributed by atoms with van der Waals surface area (Å²) in [6.45, 7) is 8.04. The van der Waals surface area contributed by atoms with Crippen molar-refractivity contribution in [2.45, 2.75) is 26.8 Å². The molecule has 0 heterocycles. The van der Waals surface area contributed by atoms with Crippen LogP contribution in [0.15, 0.2) is 0 Å². The zero-order valence-corrected chi connectivity index (χ0v) is 7.48. The van der Waals surface area contributed by atoms with Crippen LogP contribution in [-0.2, 0) is 4.74 Å². The van der Waals surface area contributed by atoms with Gasteiger partial charge in [-0.05, 0) is 19.9 Å². The summed E-state index contributed by atoms with van der Waals surface area (Å²) in [5.74, 6) is 0.650.